The summed E-state index contributed by atoms with van der Waals surface area (Å²) in [6.07, 6.45) is 2.53. The van der Waals surface area contributed by atoms with Gasteiger partial charge >= 0.3 is 0 Å². The van der Waals surface area contributed by atoms with Crippen LogP contribution in [0.1, 0.15) is 46.6 Å². The minimum atomic E-state index is -1.40. The second-order valence-corrected chi connectivity index (χ2v) is 16.7. The van der Waals surface area contributed by atoms with Crippen LogP contribution in [0.5, 0.6) is 5.75 Å². The van der Waals surface area contributed by atoms with Crippen LogP contribution in [0.15, 0.2) is 137 Å². The van der Waals surface area contributed by atoms with Gasteiger partial charge in [0.25, 0.3) is 11.8 Å². The van der Waals surface area contributed by atoms with E-state index in [1.807, 2.05) is 137 Å². The molecule has 302 valence electrons. The minimum absolute atomic E-state index is 0.156. The van der Waals surface area contributed by atoms with Crippen molar-refractivity contribution in [3.05, 3.63) is 155 Å². The zero-order valence-corrected chi connectivity index (χ0v) is 34.2. The van der Waals surface area contributed by atoms with Gasteiger partial charge in [0.05, 0.1) is 45.9 Å². The van der Waals surface area contributed by atoms with E-state index < -0.39 is 46.8 Å². The Morgan fingerprint density at radius 3 is 1.97 bits per heavy atom. The van der Waals surface area contributed by atoms with Gasteiger partial charge < -0.3 is 10.0 Å². The number of allylic oxidation sites excluding steroid dienone is 2. The summed E-state index contributed by atoms with van der Waals surface area (Å²) in [7, 11) is 3.94. The van der Waals surface area contributed by atoms with Crippen molar-refractivity contribution in [2.24, 2.45) is 33.9 Å². The van der Waals surface area contributed by atoms with E-state index in [-0.39, 0.29) is 24.0 Å². The van der Waals surface area contributed by atoms with Crippen molar-refractivity contribution >= 4 is 52.1 Å². The van der Waals surface area contributed by atoms with E-state index in [0.717, 1.165) is 27.4 Å². The Balaban J connectivity index is 1.11. The van der Waals surface area contributed by atoms with Gasteiger partial charge in [0.1, 0.15) is 5.75 Å². The third-order valence-corrected chi connectivity index (χ3v) is 13.0. The Morgan fingerprint density at radius 2 is 1.35 bits per heavy atom. The zero-order chi connectivity index (χ0) is 42.0. The maximum absolute atomic E-state index is 15.4. The highest BCUT2D eigenvalue weighted by Crippen LogP contribution is 2.64. The van der Waals surface area contributed by atoms with Gasteiger partial charge in [-0.25, -0.2) is 0 Å². The second-order valence-electron chi connectivity index (χ2n) is 16.7. The summed E-state index contributed by atoms with van der Waals surface area (Å²) < 4.78 is 0. The third-order valence-electron chi connectivity index (χ3n) is 13.0. The molecule has 2 aliphatic carbocycles. The number of aromatic hydroxyl groups is 1. The molecule has 5 aromatic rings. The topological polar surface area (TPSA) is 135 Å². The SMILES string of the molecule is Cc1ccc(NN2C(=O)[C@@H]3C[C@@H]4C(=CC[C@@H]5C(=O)N(c6ccc(N=Nc7ccc(N(C)C)cc7)cc6)C(=O)[C@@H]54)[C@H](c4cc(C)c(O)c(C)c4)[C@]3(c3ccccc3)C2=O)cc1. The van der Waals surface area contributed by atoms with Gasteiger partial charge in [0.15, 0.2) is 0 Å². The third kappa shape index (κ3) is 6.10. The van der Waals surface area contributed by atoms with Crippen LogP contribution in [0.3, 0.4) is 0 Å². The largest absolute Gasteiger partial charge is 0.507 e. The Kier molecular flexibility index (Phi) is 9.49. The molecule has 0 unspecified atom stereocenters. The molecule has 2 saturated heterocycles. The molecule has 0 aromatic heterocycles. The lowest BCUT2D eigenvalue weighted by atomic mass is 9.49. The Hall–Kier alpha value is -6.88. The van der Waals surface area contributed by atoms with Crippen molar-refractivity contribution < 1.29 is 24.3 Å². The fraction of sp³-hybridized carbons (Fsp3) is 0.265. The van der Waals surface area contributed by atoms with E-state index in [9.17, 15) is 19.5 Å². The van der Waals surface area contributed by atoms with Crippen LogP contribution < -0.4 is 15.2 Å². The second kappa shape index (κ2) is 14.7. The fourth-order valence-electron chi connectivity index (χ4n) is 10.1. The molecule has 6 atom stereocenters. The lowest BCUT2D eigenvalue weighted by Crippen LogP contribution is -2.53. The lowest BCUT2D eigenvalue weighted by molar-refractivity contribution is -0.138. The molecule has 4 aliphatic rings. The van der Waals surface area contributed by atoms with Gasteiger partial charge in [-0.2, -0.15) is 15.2 Å². The molecule has 9 rings (SSSR count). The smallest absolute Gasteiger partial charge is 0.260 e. The Morgan fingerprint density at radius 1 is 0.733 bits per heavy atom. The highest BCUT2D eigenvalue weighted by molar-refractivity contribution is 6.22. The molecule has 3 fully saturated rings. The maximum Gasteiger partial charge on any atom is 0.260 e. The molecular formula is C49H46N6O5. The van der Waals surface area contributed by atoms with Crippen LogP contribution in [0.4, 0.5) is 28.4 Å². The number of carbonyl (C=O) groups excluding carboxylic acids is 4. The number of phenolic OH excluding ortho intramolecular Hbond substituents is 1. The average Bonchev–Trinajstić information content (AvgIpc) is 3.63. The van der Waals surface area contributed by atoms with E-state index in [1.54, 1.807) is 24.3 Å². The predicted molar refractivity (Wildman–Crippen MR) is 230 cm³/mol. The molecule has 0 radical (unpaired) electrons. The molecule has 11 nitrogen and oxygen atoms in total. The van der Waals surface area contributed by atoms with Crippen LogP contribution >= 0.6 is 0 Å². The first-order valence-electron chi connectivity index (χ1n) is 20.3. The number of azo groups is 1. The molecular weight excluding hydrogens is 753 g/mol. The van der Waals surface area contributed by atoms with E-state index in [2.05, 4.69) is 15.7 Å². The number of benzene rings is 5. The summed E-state index contributed by atoms with van der Waals surface area (Å²) in [5.41, 5.74) is 9.70. The van der Waals surface area contributed by atoms with Gasteiger partial charge in [-0.3, -0.25) is 29.5 Å². The van der Waals surface area contributed by atoms with Gasteiger partial charge in [-0.15, -0.1) is 0 Å². The zero-order valence-electron chi connectivity index (χ0n) is 34.2. The molecule has 2 aliphatic heterocycles. The van der Waals surface area contributed by atoms with E-state index in [0.29, 0.717) is 45.9 Å². The van der Waals surface area contributed by atoms with Crippen LogP contribution in [-0.4, -0.2) is 47.8 Å². The monoisotopic (exact) mass is 798 g/mol. The summed E-state index contributed by atoms with van der Waals surface area (Å²) >= 11 is 0. The maximum atomic E-state index is 15.4. The molecule has 4 amide bonds. The molecule has 2 N–H and O–H groups in total. The average molecular weight is 799 g/mol. The van der Waals surface area contributed by atoms with Crippen molar-refractivity contribution in [3.63, 3.8) is 0 Å². The lowest BCUT2D eigenvalue weighted by Gasteiger charge is -2.50. The summed E-state index contributed by atoms with van der Waals surface area (Å²) in [6, 6.07) is 35.3. The Labute approximate surface area is 349 Å². The number of phenols is 1. The van der Waals surface area contributed by atoms with E-state index >= 15 is 4.79 Å². The summed E-state index contributed by atoms with van der Waals surface area (Å²) in [5.74, 6) is -4.73. The molecule has 0 bridgehead atoms. The van der Waals surface area contributed by atoms with Gasteiger partial charge in [0.2, 0.25) is 11.8 Å². The predicted octanol–water partition coefficient (Wildman–Crippen LogP) is 8.99. The molecule has 2 heterocycles. The summed E-state index contributed by atoms with van der Waals surface area (Å²) in [6.45, 7) is 5.61. The fourth-order valence-corrected chi connectivity index (χ4v) is 10.1. The normalized spacial score (nSPS) is 24.7. The van der Waals surface area contributed by atoms with Crippen molar-refractivity contribution in [2.75, 3.05) is 29.3 Å². The number of hydrazine groups is 1. The number of amides is 4. The van der Waals surface area contributed by atoms with Gasteiger partial charge in [-0.05, 0) is 122 Å². The number of hydrogen-bond donors (Lipinski definition) is 2. The van der Waals surface area contributed by atoms with E-state index in [1.165, 1.54) is 4.90 Å². The summed E-state index contributed by atoms with van der Waals surface area (Å²) in [4.78, 5) is 62.9. The van der Waals surface area contributed by atoms with Crippen LogP contribution in [0.25, 0.3) is 0 Å². The molecule has 5 aromatic carbocycles. The first-order valence-corrected chi connectivity index (χ1v) is 20.3. The number of aryl methyl sites for hydroxylation is 3. The standard InChI is InChI=1S/C49H46N6O5/c1-28-11-13-35(14-12-28)52-55-46(58)41-27-40-38(43(31-25-29(2)44(56)30(3)26-31)49(41,48(55)60)32-9-7-6-8-10-32)23-24-39-42(40)47(59)54(45(39)57)37-21-17-34(18-22-37)51-50-33-15-19-36(20-16-33)53(4)5/h6-23,25-26,39-43,52,56H,24,27H2,1-5H3/t39-,40+,41-,42-,43-,49+/m0/s1. The molecule has 11 heteroatoms. The highest BCUT2D eigenvalue weighted by Gasteiger charge is 2.70. The van der Waals surface area contributed by atoms with Crippen molar-refractivity contribution in [2.45, 2.75) is 44.9 Å². The molecule has 60 heavy (non-hydrogen) atoms. The number of imide groups is 2. The molecule has 1 saturated carbocycles. The van der Waals surface area contributed by atoms with Gasteiger partial charge in [-0.1, -0.05) is 71.8 Å². The van der Waals surface area contributed by atoms with Crippen LogP contribution in [0.2, 0.25) is 0 Å². The van der Waals surface area contributed by atoms with Crippen LogP contribution in [0, 0.1) is 44.4 Å². The number of carbonyl (C=O) groups is 4. The number of anilines is 3. The minimum Gasteiger partial charge on any atom is -0.507 e. The quantitative estimate of drug-likeness (QED) is 0.0909. The number of rotatable bonds is 8. The first kappa shape index (κ1) is 38.6. The number of hydrogen-bond acceptors (Lipinski definition) is 9. The number of nitrogens with one attached hydrogen (secondary N) is 1. The van der Waals surface area contributed by atoms with Crippen LogP contribution in [-0.2, 0) is 24.6 Å². The highest BCUT2D eigenvalue weighted by atomic mass is 16.3. The Bertz CT molecular complexity index is 2580. The number of fused-ring (bicyclic) bond motifs is 4. The van der Waals surface area contributed by atoms with Crippen molar-refractivity contribution in [1.82, 2.24) is 5.01 Å². The number of nitrogens with zero attached hydrogens (tertiary/aromatic N) is 5. The van der Waals surface area contributed by atoms with Crippen molar-refractivity contribution in [3.8, 4) is 5.75 Å². The van der Waals surface area contributed by atoms with E-state index in [4.69, 9.17) is 0 Å². The molecule has 0 spiro atoms. The van der Waals surface area contributed by atoms with Gasteiger partial charge in [0, 0.05) is 25.7 Å². The first-order chi connectivity index (χ1) is 28.9. The summed E-state index contributed by atoms with van der Waals surface area (Å²) in [5, 5.41) is 20.9. The van der Waals surface area contributed by atoms with Crippen molar-refractivity contribution in [1.29, 1.82) is 0 Å².